The molecule has 2 atom stereocenters. The van der Waals surface area contributed by atoms with Crippen molar-refractivity contribution in [3.63, 3.8) is 0 Å². The maximum absolute atomic E-state index is 12.4. The third-order valence-electron chi connectivity index (χ3n) is 5.53. The monoisotopic (exact) mass is 370 g/mol. The second kappa shape index (κ2) is 7.23. The van der Waals surface area contributed by atoms with Crippen LogP contribution < -0.4 is 5.43 Å². The first-order valence-corrected chi connectivity index (χ1v) is 9.84. The molecular formula is C25H26N2O. The highest BCUT2D eigenvalue weighted by atomic mass is 16.2. The topological polar surface area (TPSA) is 41.5 Å². The molecule has 0 radical (unpaired) electrons. The molecule has 4 rings (SSSR count). The Labute approximate surface area is 166 Å². The molecule has 28 heavy (non-hydrogen) atoms. The number of nitrogens with zero attached hydrogens (tertiary/aromatic N) is 1. The molecule has 0 unspecified atom stereocenters. The van der Waals surface area contributed by atoms with Gasteiger partial charge in [-0.1, -0.05) is 87.5 Å². The summed E-state index contributed by atoms with van der Waals surface area (Å²) >= 11 is 0. The summed E-state index contributed by atoms with van der Waals surface area (Å²) in [5.74, 6) is 0.327. The number of hydrogen-bond acceptors (Lipinski definition) is 2. The Kier molecular flexibility index (Phi) is 4.76. The first-order chi connectivity index (χ1) is 13.4. The van der Waals surface area contributed by atoms with Crippen molar-refractivity contribution in [3.05, 3.63) is 83.4 Å². The lowest BCUT2D eigenvalue weighted by atomic mass is 9.86. The average Bonchev–Trinajstić information content (AvgIpc) is 3.48. The van der Waals surface area contributed by atoms with Crippen LogP contribution in [0.1, 0.15) is 49.8 Å². The van der Waals surface area contributed by atoms with Crippen molar-refractivity contribution < 1.29 is 4.79 Å². The highest BCUT2D eigenvalue weighted by Gasteiger charge is 2.43. The Hall–Kier alpha value is -2.94. The fraction of sp³-hybridized carbons (Fsp3) is 0.280. The van der Waals surface area contributed by atoms with E-state index in [4.69, 9.17) is 0 Å². The van der Waals surface area contributed by atoms with Crippen LogP contribution in [0.2, 0.25) is 0 Å². The van der Waals surface area contributed by atoms with Crippen molar-refractivity contribution in [3.8, 4) is 0 Å². The lowest BCUT2D eigenvalue weighted by Gasteiger charge is -2.19. The lowest BCUT2D eigenvalue weighted by Crippen LogP contribution is -2.20. The van der Waals surface area contributed by atoms with E-state index in [9.17, 15) is 4.79 Å². The van der Waals surface area contributed by atoms with Crippen LogP contribution in [0.15, 0.2) is 71.8 Å². The molecular weight excluding hydrogens is 344 g/mol. The van der Waals surface area contributed by atoms with E-state index >= 15 is 0 Å². The predicted octanol–water partition coefficient (Wildman–Crippen LogP) is 5.39. The highest BCUT2D eigenvalue weighted by Crippen LogP contribution is 2.47. The Morgan fingerprint density at radius 1 is 1.00 bits per heavy atom. The fourth-order valence-corrected chi connectivity index (χ4v) is 3.69. The molecule has 0 heterocycles. The molecule has 142 valence electrons. The van der Waals surface area contributed by atoms with E-state index in [1.54, 1.807) is 6.21 Å². The molecule has 3 aromatic carbocycles. The molecule has 1 N–H and O–H groups in total. The van der Waals surface area contributed by atoms with Crippen LogP contribution in [0.25, 0.3) is 10.8 Å². The Morgan fingerprint density at radius 3 is 2.46 bits per heavy atom. The zero-order valence-electron chi connectivity index (χ0n) is 16.6. The lowest BCUT2D eigenvalue weighted by molar-refractivity contribution is -0.122. The van der Waals surface area contributed by atoms with Crippen LogP contribution in [-0.2, 0) is 10.2 Å². The normalized spacial score (nSPS) is 19.1. The van der Waals surface area contributed by atoms with Crippen LogP contribution in [0, 0.1) is 5.92 Å². The number of benzene rings is 3. The maximum Gasteiger partial charge on any atom is 0.243 e. The van der Waals surface area contributed by atoms with Gasteiger partial charge in [0.1, 0.15) is 0 Å². The summed E-state index contributed by atoms with van der Waals surface area (Å²) in [5.41, 5.74) is 6.43. The van der Waals surface area contributed by atoms with E-state index in [0.29, 0.717) is 5.92 Å². The number of amides is 1. The molecule has 0 aromatic heterocycles. The SMILES string of the molecule is CC(C)(C)c1ccc([C@H]2C[C@H]2C(=O)N/N=C\c2cccc3ccccc23)cc1. The van der Waals surface area contributed by atoms with Crippen molar-refractivity contribution in [2.24, 2.45) is 11.0 Å². The van der Waals surface area contributed by atoms with Gasteiger partial charge < -0.3 is 0 Å². The summed E-state index contributed by atoms with van der Waals surface area (Å²) in [6.45, 7) is 6.63. The molecule has 0 spiro atoms. The largest absolute Gasteiger partial charge is 0.273 e. The second-order valence-corrected chi connectivity index (χ2v) is 8.62. The Morgan fingerprint density at radius 2 is 1.71 bits per heavy atom. The van der Waals surface area contributed by atoms with Gasteiger partial charge >= 0.3 is 0 Å². The number of rotatable bonds is 4. The molecule has 0 aliphatic heterocycles. The van der Waals surface area contributed by atoms with Gasteiger partial charge in [-0.25, -0.2) is 5.43 Å². The van der Waals surface area contributed by atoms with Gasteiger partial charge in [0.2, 0.25) is 5.91 Å². The number of hydrogen-bond donors (Lipinski definition) is 1. The Bertz CT molecular complexity index is 1020. The minimum Gasteiger partial charge on any atom is -0.273 e. The van der Waals surface area contributed by atoms with Gasteiger partial charge in [-0.05, 0) is 39.7 Å². The molecule has 0 bridgehead atoms. The fourth-order valence-electron chi connectivity index (χ4n) is 3.69. The van der Waals surface area contributed by atoms with E-state index in [2.05, 4.69) is 73.8 Å². The van der Waals surface area contributed by atoms with E-state index in [1.165, 1.54) is 16.5 Å². The minimum atomic E-state index is 0.00128. The van der Waals surface area contributed by atoms with E-state index in [0.717, 1.165) is 17.4 Å². The second-order valence-electron chi connectivity index (χ2n) is 8.62. The average molecular weight is 370 g/mol. The van der Waals surface area contributed by atoms with E-state index < -0.39 is 0 Å². The standard InChI is InChI=1S/C25H26N2O/c1-25(2,3)20-13-11-18(12-14-20)22-15-23(22)24(28)27-26-16-19-9-6-8-17-7-4-5-10-21(17)19/h4-14,16,22-23H,15H2,1-3H3,(H,27,28)/b26-16-/t22-,23-/m1/s1. The van der Waals surface area contributed by atoms with E-state index in [-0.39, 0.29) is 17.2 Å². The molecule has 0 saturated heterocycles. The van der Waals surface area contributed by atoms with Crippen molar-refractivity contribution in [1.82, 2.24) is 5.43 Å². The van der Waals surface area contributed by atoms with E-state index in [1.807, 2.05) is 24.3 Å². The summed E-state index contributed by atoms with van der Waals surface area (Å²) in [4.78, 5) is 12.4. The van der Waals surface area contributed by atoms with Crippen LogP contribution in [0.3, 0.4) is 0 Å². The van der Waals surface area contributed by atoms with Gasteiger partial charge in [-0.2, -0.15) is 5.10 Å². The molecule has 1 fully saturated rings. The van der Waals surface area contributed by atoms with Gasteiger partial charge in [-0.3, -0.25) is 4.79 Å². The number of hydrazone groups is 1. The zero-order valence-corrected chi connectivity index (χ0v) is 16.6. The number of carbonyl (C=O) groups is 1. The number of carbonyl (C=O) groups excluding carboxylic acids is 1. The molecule has 3 aromatic rings. The first-order valence-electron chi connectivity index (χ1n) is 9.84. The van der Waals surface area contributed by atoms with Crippen molar-refractivity contribution in [2.45, 2.75) is 38.5 Å². The number of fused-ring (bicyclic) bond motifs is 1. The van der Waals surface area contributed by atoms with Crippen LogP contribution in [0.5, 0.6) is 0 Å². The molecule has 1 amide bonds. The van der Waals surface area contributed by atoms with Crippen LogP contribution in [-0.4, -0.2) is 12.1 Å². The van der Waals surface area contributed by atoms with Crippen molar-refractivity contribution in [1.29, 1.82) is 0 Å². The molecule has 3 heteroatoms. The predicted molar refractivity (Wildman–Crippen MR) is 116 cm³/mol. The van der Waals surface area contributed by atoms with Gasteiger partial charge in [-0.15, -0.1) is 0 Å². The summed E-state index contributed by atoms with van der Waals surface area (Å²) < 4.78 is 0. The maximum atomic E-state index is 12.4. The van der Waals surface area contributed by atoms with Gasteiger partial charge in [0.25, 0.3) is 0 Å². The minimum absolute atomic E-state index is 0.00128. The molecule has 1 aliphatic carbocycles. The summed E-state index contributed by atoms with van der Waals surface area (Å²) in [5, 5.41) is 6.50. The zero-order chi connectivity index (χ0) is 19.7. The van der Waals surface area contributed by atoms with Gasteiger partial charge in [0.15, 0.2) is 0 Å². The van der Waals surface area contributed by atoms with Crippen LogP contribution in [0.4, 0.5) is 0 Å². The summed E-state index contributed by atoms with van der Waals surface area (Å²) in [6.07, 6.45) is 2.63. The number of nitrogens with one attached hydrogen (secondary N) is 1. The third-order valence-corrected chi connectivity index (χ3v) is 5.53. The molecule has 1 saturated carbocycles. The first kappa shape index (κ1) is 18.4. The van der Waals surface area contributed by atoms with Gasteiger partial charge in [0, 0.05) is 11.5 Å². The van der Waals surface area contributed by atoms with Gasteiger partial charge in [0.05, 0.1) is 6.21 Å². The van der Waals surface area contributed by atoms with Crippen molar-refractivity contribution in [2.75, 3.05) is 0 Å². The quantitative estimate of drug-likeness (QED) is 0.485. The van der Waals surface area contributed by atoms with Crippen LogP contribution >= 0.6 is 0 Å². The van der Waals surface area contributed by atoms with Crippen molar-refractivity contribution >= 4 is 22.9 Å². The molecule has 1 aliphatic rings. The third kappa shape index (κ3) is 3.84. The summed E-state index contributed by atoms with van der Waals surface area (Å²) in [7, 11) is 0. The Balaban J connectivity index is 1.38. The smallest absolute Gasteiger partial charge is 0.243 e. The highest BCUT2D eigenvalue weighted by molar-refractivity contribution is 6.00. The molecule has 3 nitrogen and oxygen atoms in total. The summed E-state index contributed by atoms with van der Waals surface area (Å²) in [6, 6.07) is 23.0.